The minimum atomic E-state index is -4.77. The third-order valence-electron chi connectivity index (χ3n) is 4.87. The van der Waals surface area contributed by atoms with Gasteiger partial charge in [-0.05, 0) is 30.2 Å². The van der Waals surface area contributed by atoms with Gasteiger partial charge in [0.05, 0.1) is 17.1 Å². The first-order chi connectivity index (χ1) is 13.7. The molecule has 2 aromatic heterocycles. The molecule has 3 aromatic rings. The maximum absolute atomic E-state index is 12.9. The van der Waals surface area contributed by atoms with E-state index in [-0.39, 0.29) is 5.92 Å². The molecule has 29 heavy (non-hydrogen) atoms. The molecule has 0 aliphatic carbocycles. The predicted octanol–water partition coefficient (Wildman–Crippen LogP) is 3.65. The number of rotatable bonds is 6. The minimum absolute atomic E-state index is 0.0118. The molecule has 6 nitrogen and oxygen atoms in total. The summed E-state index contributed by atoms with van der Waals surface area (Å²) < 4.78 is 39.5. The number of nitrogens with zero attached hydrogens (tertiary/aromatic N) is 2. The Labute approximate surface area is 164 Å². The molecule has 0 spiro atoms. The highest BCUT2D eigenvalue weighted by Crippen LogP contribution is 2.26. The van der Waals surface area contributed by atoms with Crippen LogP contribution in [-0.2, 0) is 17.5 Å². The standard InChI is InChI=1S/C20H21F3N4O2/c1-3-12(2)17(18-24-14-8-4-5-9-15(14)25-18)26-16(28)11-27-10-6-7-13(19(27)29)20(21,22)23/h4-10,12,17H,3,11H2,1-2H3,(H,24,25)(H,26,28). The predicted molar refractivity (Wildman–Crippen MR) is 102 cm³/mol. The summed E-state index contributed by atoms with van der Waals surface area (Å²) >= 11 is 0. The molecular weight excluding hydrogens is 385 g/mol. The Morgan fingerprint density at radius 1 is 1.24 bits per heavy atom. The van der Waals surface area contributed by atoms with Gasteiger partial charge in [-0.15, -0.1) is 0 Å². The molecule has 0 fully saturated rings. The number of para-hydroxylation sites is 2. The molecule has 0 aliphatic rings. The van der Waals surface area contributed by atoms with Crippen molar-refractivity contribution in [3.05, 3.63) is 64.3 Å². The van der Waals surface area contributed by atoms with Crippen molar-refractivity contribution in [3.8, 4) is 0 Å². The molecule has 2 heterocycles. The monoisotopic (exact) mass is 406 g/mol. The number of pyridine rings is 1. The van der Waals surface area contributed by atoms with Crippen molar-refractivity contribution in [2.45, 2.75) is 39.0 Å². The number of imidazole rings is 1. The third-order valence-corrected chi connectivity index (χ3v) is 4.87. The number of fused-ring (bicyclic) bond motifs is 1. The molecule has 9 heteroatoms. The van der Waals surface area contributed by atoms with E-state index in [0.717, 1.165) is 34.3 Å². The average Bonchev–Trinajstić information content (AvgIpc) is 3.10. The summed E-state index contributed by atoms with van der Waals surface area (Å²) in [5, 5.41) is 2.81. The van der Waals surface area contributed by atoms with E-state index >= 15 is 0 Å². The topological polar surface area (TPSA) is 79.8 Å². The number of alkyl halides is 3. The Morgan fingerprint density at radius 2 is 1.97 bits per heavy atom. The van der Waals surface area contributed by atoms with Crippen molar-refractivity contribution in [2.75, 3.05) is 0 Å². The van der Waals surface area contributed by atoms with Gasteiger partial charge >= 0.3 is 6.18 Å². The van der Waals surface area contributed by atoms with E-state index in [2.05, 4.69) is 15.3 Å². The second-order valence-electron chi connectivity index (χ2n) is 6.92. The van der Waals surface area contributed by atoms with Crippen LogP contribution in [0.4, 0.5) is 13.2 Å². The Bertz CT molecular complexity index is 1040. The number of benzene rings is 1. The van der Waals surface area contributed by atoms with Crippen LogP contribution in [-0.4, -0.2) is 20.4 Å². The molecule has 1 aromatic carbocycles. The Kier molecular flexibility index (Phi) is 5.76. The van der Waals surface area contributed by atoms with E-state index in [1.807, 2.05) is 38.1 Å². The third kappa shape index (κ3) is 4.49. The molecule has 154 valence electrons. The molecule has 0 radical (unpaired) electrons. The van der Waals surface area contributed by atoms with Crippen LogP contribution in [0.2, 0.25) is 0 Å². The maximum atomic E-state index is 12.9. The van der Waals surface area contributed by atoms with Crippen LogP contribution in [0.25, 0.3) is 11.0 Å². The number of amides is 1. The van der Waals surface area contributed by atoms with Gasteiger partial charge in [0.15, 0.2) is 0 Å². The lowest BCUT2D eigenvalue weighted by atomic mass is 9.98. The van der Waals surface area contributed by atoms with Gasteiger partial charge in [-0.25, -0.2) is 4.98 Å². The lowest BCUT2D eigenvalue weighted by Gasteiger charge is -2.22. The molecule has 2 N–H and O–H groups in total. The van der Waals surface area contributed by atoms with E-state index in [9.17, 15) is 22.8 Å². The van der Waals surface area contributed by atoms with Crippen molar-refractivity contribution in [1.29, 1.82) is 0 Å². The van der Waals surface area contributed by atoms with Crippen molar-refractivity contribution < 1.29 is 18.0 Å². The quantitative estimate of drug-likeness (QED) is 0.656. The second kappa shape index (κ2) is 8.10. The van der Waals surface area contributed by atoms with Crippen molar-refractivity contribution >= 4 is 16.9 Å². The van der Waals surface area contributed by atoms with E-state index in [4.69, 9.17) is 0 Å². The van der Waals surface area contributed by atoms with Crippen molar-refractivity contribution in [1.82, 2.24) is 19.9 Å². The Morgan fingerprint density at radius 3 is 2.62 bits per heavy atom. The van der Waals surface area contributed by atoms with Crippen LogP contribution in [0.1, 0.15) is 37.7 Å². The number of nitrogens with one attached hydrogen (secondary N) is 2. The number of carbonyl (C=O) groups is 1. The van der Waals surface area contributed by atoms with Crippen LogP contribution >= 0.6 is 0 Å². The largest absolute Gasteiger partial charge is 0.421 e. The number of carbonyl (C=O) groups excluding carboxylic acids is 1. The van der Waals surface area contributed by atoms with Crippen molar-refractivity contribution in [3.63, 3.8) is 0 Å². The van der Waals surface area contributed by atoms with Crippen LogP contribution in [0, 0.1) is 5.92 Å². The number of hydrogen-bond acceptors (Lipinski definition) is 3. The number of aromatic amines is 1. The summed E-state index contributed by atoms with van der Waals surface area (Å²) in [5.41, 5.74) is -0.985. The van der Waals surface area contributed by atoms with E-state index < -0.39 is 35.8 Å². The lowest BCUT2D eigenvalue weighted by Crippen LogP contribution is -2.38. The number of hydrogen-bond donors (Lipinski definition) is 2. The van der Waals surface area contributed by atoms with Gasteiger partial charge in [-0.1, -0.05) is 32.4 Å². The fourth-order valence-corrected chi connectivity index (χ4v) is 3.09. The summed E-state index contributed by atoms with van der Waals surface area (Å²) in [4.78, 5) is 32.3. The fourth-order valence-electron chi connectivity index (χ4n) is 3.09. The summed E-state index contributed by atoms with van der Waals surface area (Å²) in [5.74, 6) is 0.000198. The molecule has 0 saturated heterocycles. The van der Waals surface area contributed by atoms with E-state index in [1.165, 1.54) is 0 Å². The van der Waals surface area contributed by atoms with Gasteiger partial charge in [-0.3, -0.25) is 9.59 Å². The summed E-state index contributed by atoms with van der Waals surface area (Å²) in [7, 11) is 0. The normalized spacial score (nSPS) is 14.0. The summed E-state index contributed by atoms with van der Waals surface area (Å²) in [6, 6.07) is 8.75. The highest BCUT2D eigenvalue weighted by Gasteiger charge is 2.34. The first-order valence-electron chi connectivity index (χ1n) is 9.21. The smallest absolute Gasteiger partial charge is 0.344 e. The Hall–Kier alpha value is -3.10. The molecule has 0 saturated carbocycles. The first kappa shape index (κ1) is 20.6. The molecular formula is C20H21F3N4O2. The van der Waals surface area contributed by atoms with Gasteiger partial charge in [0.1, 0.15) is 17.9 Å². The molecule has 2 atom stereocenters. The van der Waals surface area contributed by atoms with Gasteiger partial charge in [0, 0.05) is 6.20 Å². The highest BCUT2D eigenvalue weighted by atomic mass is 19.4. The number of halogens is 3. The Balaban J connectivity index is 1.84. The zero-order valence-corrected chi connectivity index (χ0v) is 16.0. The summed E-state index contributed by atoms with van der Waals surface area (Å²) in [6.45, 7) is 3.38. The van der Waals surface area contributed by atoms with Gasteiger partial charge in [-0.2, -0.15) is 13.2 Å². The van der Waals surface area contributed by atoms with Gasteiger partial charge in [0.2, 0.25) is 5.91 Å². The molecule has 1 amide bonds. The maximum Gasteiger partial charge on any atom is 0.421 e. The van der Waals surface area contributed by atoms with Gasteiger partial charge in [0.25, 0.3) is 5.56 Å². The zero-order chi connectivity index (χ0) is 21.2. The lowest BCUT2D eigenvalue weighted by molar-refractivity contribution is -0.139. The number of H-pyrrole nitrogens is 1. The van der Waals surface area contributed by atoms with Crippen LogP contribution in [0.3, 0.4) is 0 Å². The average molecular weight is 406 g/mol. The molecule has 0 bridgehead atoms. The zero-order valence-electron chi connectivity index (χ0n) is 16.0. The SMILES string of the molecule is CCC(C)C(NC(=O)Cn1cccc(C(F)(F)F)c1=O)c1nc2ccccc2[nH]1. The van der Waals surface area contributed by atoms with Crippen LogP contribution < -0.4 is 10.9 Å². The fraction of sp³-hybridized carbons (Fsp3) is 0.350. The first-order valence-corrected chi connectivity index (χ1v) is 9.21. The molecule has 3 rings (SSSR count). The van der Waals surface area contributed by atoms with E-state index in [1.54, 1.807) is 0 Å². The van der Waals surface area contributed by atoms with Crippen LogP contribution in [0.5, 0.6) is 0 Å². The second-order valence-corrected chi connectivity index (χ2v) is 6.92. The highest BCUT2D eigenvalue weighted by molar-refractivity contribution is 5.77. The number of aromatic nitrogens is 3. The van der Waals surface area contributed by atoms with E-state index in [0.29, 0.717) is 11.9 Å². The summed E-state index contributed by atoms with van der Waals surface area (Å²) in [6.07, 6.45) is -2.87. The molecule has 0 aliphatic heterocycles. The minimum Gasteiger partial charge on any atom is -0.344 e. The molecule has 2 unspecified atom stereocenters. The van der Waals surface area contributed by atoms with Crippen molar-refractivity contribution in [2.24, 2.45) is 5.92 Å². The van der Waals surface area contributed by atoms with Gasteiger partial charge < -0.3 is 14.9 Å². The van der Waals surface area contributed by atoms with Crippen LogP contribution in [0.15, 0.2) is 47.4 Å².